The Morgan fingerprint density at radius 3 is 1.94 bits per heavy atom. The molecule has 0 radical (unpaired) electrons. The smallest absolute Gasteiger partial charge is 0.273 e. The van der Waals surface area contributed by atoms with Crippen LogP contribution in [0.3, 0.4) is 0 Å². The van der Waals surface area contributed by atoms with Crippen molar-refractivity contribution in [3.8, 4) is 0 Å². The second-order valence-corrected chi connectivity index (χ2v) is 12.1. The number of alkyl halides is 2. The number of nitrogens with zero attached hydrogens (tertiary/aromatic N) is 2. The zero-order valence-electron chi connectivity index (χ0n) is 18.9. The molecule has 1 saturated heterocycles. The number of hydrogen-bond acceptors (Lipinski definition) is 4. The molecule has 1 saturated carbocycles. The van der Waals surface area contributed by atoms with Gasteiger partial charge in [-0.15, -0.1) is 0 Å². The minimum atomic E-state index is -1.13. The van der Waals surface area contributed by atoms with Crippen LogP contribution >= 0.6 is 55.1 Å². The molecular formula is C25H22Br2Cl2N2O4. The number of hydrazine groups is 1. The predicted molar refractivity (Wildman–Crippen MR) is 141 cm³/mol. The fourth-order valence-corrected chi connectivity index (χ4v) is 6.10. The highest BCUT2D eigenvalue weighted by Crippen LogP contribution is 2.44. The van der Waals surface area contributed by atoms with Crippen LogP contribution in [0.1, 0.15) is 46.0 Å². The lowest BCUT2D eigenvalue weighted by atomic mass is 9.81. The first kappa shape index (κ1) is 26.3. The van der Waals surface area contributed by atoms with Crippen LogP contribution in [0.5, 0.6) is 0 Å². The van der Waals surface area contributed by atoms with E-state index in [1.807, 2.05) is 6.92 Å². The number of carbonyl (C=O) groups is 4. The van der Waals surface area contributed by atoms with Crippen molar-refractivity contribution in [1.82, 2.24) is 10.0 Å². The summed E-state index contributed by atoms with van der Waals surface area (Å²) in [5.74, 6) is -3.21. The summed E-state index contributed by atoms with van der Waals surface area (Å²) in [6.45, 7) is 3.41. The fraction of sp³-hybridized carbons (Fsp3) is 0.360. The van der Waals surface area contributed by atoms with Crippen molar-refractivity contribution in [2.24, 2.45) is 11.8 Å². The molecule has 0 unspecified atom stereocenters. The van der Waals surface area contributed by atoms with Gasteiger partial charge < -0.3 is 0 Å². The number of halogens is 4. The molecule has 0 spiro atoms. The molecule has 0 N–H and O–H groups in total. The van der Waals surface area contributed by atoms with Gasteiger partial charge in [0.15, 0.2) is 5.78 Å². The minimum absolute atomic E-state index is 0.00582. The maximum absolute atomic E-state index is 13.8. The van der Waals surface area contributed by atoms with Gasteiger partial charge in [0.05, 0.1) is 21.9 Å². The number of imide groups is 1. The summed E-state index contributed by atoms with van der Waals surface area (Å²) in [7, 11) is 0. The number of aryl methyl sites for hydroxylation is 1. The van der Waals surface area contributed by atoms with E-state index in [1.165, 1.54) is 25.1 Å². The van der Waals surface area contributed by atoms with Crippen molar-refractivity contribution in [2.75, 3.05) is 0 Å². The van der Waals surface area contributed by atoms with Crippen molar-refractivity contribution >= 4 is 78.6 Å². The number of rotatable bonds is 5. The van der Waals surface area contributed by atoms with Crippen LogP contribution in [0.15, 0.2) is 42.5 Å². The molecule has 0 aromatic heterocycles. The molecule has 2 aliphatic rings. The summed E-state index contributed by atoms with van der Waals surface area (Å²) in [4.78, 5) is 54.3. The Kier molecular flexibility index (Phi) is 7.77. The normalized spacial score (nSPS) is 24.8. The second kappa shape index (κ2) is 10.3. The standard InChI is InChI=1S/C25H22Br2Cl2N2O4/c1-12-3-5-14(6-4-12)22(32)13(2)30(23(33)15-7-8-20(28)21(29)9-15)31-24(34)16-10-18(26)19(27)11-17(16)25(31)35/h3-9,13,16-19H,10-11H2,1-2H3/t13-,16-,17+,18-,19-/m0/s1. The third-order valence-corrected chi connectivity index (χ3v) is 10.0. The van der Waals surface area contributed by atoms with Gasteiger partial charge in [0, 0.05) is 20.8 Å². The van der Waals surface area contributed by atoms with Crippen molar-refractivity contribution in [2.45, 2.75) is 42.4 Å². The largest absolute Gasteiger partial charge is 0.292 e. The Bertz CT molecular complexity index is 1180. The van der Waals surface area contributed by atoms with Crippen LogP contribution in [0, 0.1) is 18.8 Å². The first-order chi connectivity index (χ1) is 16.5. The summed E-state index contributed by atoms with van der Waals surface area (Å²) in [6.07, 6.45) is 0.882. The van der Waals surface area contributed by atoms with Gasteiger partial charge >= 0.3 is 0 Å². The van der Waals surface area contributed by atoms with Crippen molar-refractivity contribution < 1.29 is 19.2 Å². The van der Waals surface area contributed by atoms with Crippen molar-refractivity contribution in [3.05, 3.63) is 69.2 Å². The SMILES string of the molecule is Cc1ccc(C(=O)[C@H](C)N(C(=O)c2ccc(Cl)c(Cl)c2)N2C(=O)[C@H]3C[C@H](Br)[C@@H](Br)C[C@H]3C2=O)cc1. The zero-order chi connectivity index (χ0) is 25.6. The summed E-state index contributed by atoms with van der Waals surface area (Å²) < 4.78 is 0. The quantitative estimate of drug-likeness (QED) is 0.233. The van der Waals surface area contributed by atoms with E-state index in [0.717, 1.165) is 15.6 Å². The topological polar surface area (TPSA) is 74.8 Å². The highest BCUT2D eigenvalue weighted by Gasteiger charge is 2.55. The Labute approximate surface area is 230 Å². The minimum Gasteiger partial charge on any atom is -0.292 e. The van der Waals surface area contributed by atoms with Gasteiger partial charge in [-0.2, -0.15) is 5.01 Å². The molecule has 184 valence electrons. The van der Waals surface area contributed by atoms with E-state index in [9.17, 15) is 19.2 Å². The monoisotopic (exact) mass is 642 g/mol. The van der Waals surface area contributed by atoms with Crippen LogP contribution in [-0.4, -0.2) is 49.2 Å². The lowest BCUT2D eigenvalue weighted by Gasteiger charge is -2.34. The van der Waals surface area contributed by atoms with E-state index in [0.29, 0.717) is 18.4 Å². The van der Waals surface area contributed by atoms with Crippen LogP contribution in [0.4, 0.5) is 0 Å². The summed E-state index contributed by atoms with van der Waals surface area (Å²) in [6, 6.07) is 10.0. The predicted octanol–water partition coefficient (Wildman–Crippen LogP) is 5.85. The first-order valence-corrected chi connectivity index (χ1v) is 13.6. The van der Waals surface area contributed by atoms with Gasteiger partial charge in [-0.05, 0) is 44.9 Å². The van der Waals surface area contributed by atoms with Gasteiger partial charge in [-0.3, -0.25) is 19.2 Å². The van der Waals surface area contributed by atoms with E-state index >= 15 is 0 Å². The summed E-state index contributed by atoms with van der Waals surface area (Å²) >= 11 is 19.3. The summed E-state index contributed by atoms with van der Waals surface area (Å²) in [5, 5.41) is 2.26. The molecule has 0 bridgehead atoms. The molecule has 1 aliphatic heterocycles. The van der Waals surface area contributed by atoms with Crippen LogP contribution < -0.4 is 0 Å². The third kappa shape index (κ3) is 4.95. The maximum Gasteiger partial charge on any atom is 0.273 e. The molecule has 2 fully saturated rings. The van der Waals surface area contributed by atoms with E-state index in [2.05, 4.69) is 31.9 Å². The average molecular weight is 645 g/mol. The number of carbonyl (C=O) groups excluding carboxylic acids is 4. The lowest BCUT2D eigenvalue weighted by molar-refractivity contribution is -0.156. The number of Topliss-reactive ketones (excluding diaryl/α,β-unsaturated/α-hetero) is 1. The average Bonchev–Trinajstić information content (AvgIpc) is 3.05. The highest BCUT2D eigenvalue weighted by atomic mass is 79.9. The Hall–Kier alpha value is -1.74. The fourth-order valence-electron chi connectivity index (χ4n) is 4.56. The molecule has 4 rings (SSSR count). The van der Waals surface area contributed by atoms with Gasteiger partial charge in [-0.1, -0.05) is 84.9 Å². The second-order valence-electron chi connectivity index (χ2n) is 8.89. The molecular weight excluding hydrogens is 623 g/mol. The van der Waals surface area contributed by atoms with Crippen LogP contribution in [0.2, 0.25) is 10.0 Å². The summed E-state index contributed by atoms with van der Waals surface area (Å²) in [5.41, 5.74) is 1.45. The maximum atomic E-state index is 13.8. The van der Waals surface area contributed by atoms with E-state index in [4.69, 9.17) is 23.2 Å². The Morgan fingerprint density at radius 2 is 1.43 bits per heavy atom. The van der Waals surface area contributed by atoms with Crippen LogP contribution in [0.25, 0.3) is 0 Å². The van der Waals surface area contributed by atoms with Crippen molar-refractivity contribution in [3.63, 3.8) is 0 Å². The van der Waals surface area contributed by atoms with E-state index in [1.54, 1.807) is 24.3 Å². The zero-order valence-corrected chi connectivity index (χ0v) is 23.6. The van der Waals surface area contributed by atoms with Gasteiger partial charge in [0.25, 0.3) is 17.7 Å². The molecule has 2 aromatic carbocycles. The molecule has 5 atom stereocenters. The van der Waals surface area contributed by atoms with Crippen molar-refractivity contribution in [1.29, 1.82) is 0 Å². The van der Waals surface area contributed by atoms with Gasteiger partial charge in [0.1, 0.15) is 6.04 Å². The molecule has 3 amide bonds. The number of hydrogen-bond donors (Lipinski definition) is 0. The molecule has 6 nitrogen and oxygen atoms in total. The first-order valence-electron chi connectivity index (χ1n) is 11.1. The number of amides is 3. The lowest BCUT2D eigenvalue weighted by Crippen LogP contribution is -2.56. The molecule has 1 aliphatic carbocycles. The number of fused-ring (bicyclic) bond motifs is 1. The van der Waals surface area contributed by atoms with Gasteiger partial charge in [0.2, 0.25) is 0 Å². The third-order valence-electron chi connectivity index (χ3n) is 6.56. The number of ketones is 1. The molecule has 2 aromatic rings. The van der Waals surface area contributed by atoms with Gasteiger partial charge in [-0.25, -0.2) is 5.01 Å². The molecule has 10 heteroatoms. The highest BCUT2D eigenvalue weighted by molar-refractivity contribution is 9.12. The molecule has 35 heavy (non-hydrogen) atoms. The Morgan fingerprint density at radius 1 is 0.914 bits per heavy atom. The van der Waals surface area contributed by atoms with E-state index in [-0.39, 0.29) is 25.3 Å². The van der Waals surface area contributed by atoms with Crippen LogP contribution in [-0.2, 0) is 9.59 Å². The van der Waals surface area contributed by atoms with E-state index < -0.39 is 41.4 Å². The Balaban J connectivity index is 1.76. The number of benzene rings is 2. The molecule has 1 heterocycles.